The van der Waals surface area contributed by atoms with Gasteiger partial charge in [-0.3, -0.25) is 28.7 Å². The van der Waals surface area contributed by atoms with Gasteiger partial charge in [0, 0.05) is 24.8 Å². The highest BCUT2D eigenvalue weighted by molar-refractivity contribution is 8.00. The van der Waals surface area contributed by atoms with E-state index in [1.165, 1.54) is 18.3 Å². The van der Waals surface area contributed by atoms with Gasteiger partial charge in [-0.15, -0.1) is 16.8 Å². The number of hydrogen-bond acceptors (Lipinski definition) is 11. The fourth-order valence-electron chi connectivity index (χ4n) is 4.71. The van der Waals surface area contributed by atoms with Crippen molar-refractivity contribution in [3.63, 3.8) is 0 Å². The molecule has 2 aromatic carbocycles. The van der Waals surface area contributed by atoms with E-state index in [-0.39, 0.29) is 23.6 Å². The quantitative estimate of drug-likeness (QED) is 0.130. The molecule has 2 heterocycles. The molecule has 0 bridgehead atoms. The number of carbonyl (C=O) groups is 5. The molecule has 1 aromatic heterocycles. The van der Waals surface area contributed by atoms with E-state index in [2.05, 4.69) is 15.7 Å². The summed E-state index contributed by atoms with van der Waals surface area (Å²) < 4.78 is 18.4. The topological polar surface area (TPSA) is 167 Å². The molecule has 1 aliphatic rings. The van der Waals surface area contributed by atoms with E-state index in [0.29, 0.717) is 41.6 Å². The first-order valence-corrected chi connectivity index (χ1v) is 17.3. The Bertz CT molecular complexity index is 1660. The standard InChI is InChI=1S/C35H43N5O9S/c1-34(2,3)47-32(44)28(50-7)27(49-40-30(42)25-11-8-9-12-26(25)31(40)43)21-46-24-15-13-22(14-16-24)29(41)38-23-19-37-39(20-23)18-10-17-36-33(45)48-35(4,5)6/h8-9,11-16,19-20,27-28H,10,17-18,21H2,1-7H3,(H,36,45)(H,38,41)/t27-,28?/m0/s1. The van der Waals surface area contributed by atoms with Crippen molar-refractivity contribution in [3.8, 4) is 5.75 Å². The Kier molecular flexibility index (Phi) is 12.3. The van der Waals surface area contributed by atoms with Crippen molar-refractivity contribution in [2.45, 2.75) is 77.1 Å². The second-order valence-electron chi connectivity index (χ2n) is 13.3. The minimum absolute atomic E-state index is 0.198. The lowest BCUT2D eigenvalue weighted by Gasteiger charge is -2.29. The molecule has 50 heavy (non-hydrogen) atoms. The number of benzene rings is 2. The first kappa shape index (κ1) is 37.9. The van der Waals surface area contributed by atoms with Gasteiger partial charge in [-0.2, -0.15) is 5.10 Å². The van der Waals surface area contributed by atoms with Gasteiger partial charge in [0.25, 0.3) is 17.7 Å². The van der Waals surface area contributed by atoms with Crippen LogP contribution in [0.4, 0.5) is 10.5 Å². The number of hydroxylamine groups is 2. The van der Waals surface area contributed by atoms with Crippen molar-refractivity contribution in [3.05, 3.63) is 77.6 Å². The van der Waals surface area contributed by atoms with Crippen molar-refractivity contribution in [1.29, 1.82) is 0 Å². The third kappa shape index (κ3) is 10.6. The van der Waals surface area contributed by atoms with Crippen molar-refractivity contribution in [2.75, 3.05) is 24.7 Å². The number of nitrogens with zero attached hydrogens (tertiary/aromatic N) is 3. The van der Waals surface area contributed by atoms with E-state index < -0.39 is 46.4 Å². The molecular weight excluding hydrogens is 666 g/mol. The van der Waals surface area contributed by atoms with Gasteiger partial charge in [-0.05, 0) is 90.6 Å². The maximum absolute atomic E-state index is 13.2. The summed E-state index contributed by atoms with van der Waals surface area (Å²) in [6, 6.07) is 12.6. The Morgan fingerprint density at radius 3 is 2.10 bits per heavy atom. The van der Waals surface area contributed by atoms with E-state index in [1.54, 1.807) is 95.1 Å². The first-order chi connectivity index (χ1) is 23.5. The van der Waals surface area contributed by atoms with E-state index in [4.69, 9.17) is 19.0 Å². The van der Waals surface area contributed by atoms with Gasteiger partial charge in [0.15, 0.2) is 0 Å². The molecule has 0 aliphatic carbocycles. The Hall–Kier alpha value is -4.89. The Morgan fingerprint density at radius 1 is 0.900 bits per heavy atom. The highest BCUT2D eigenvalue weighted by Crippen LogP contribution is 2.28. The number of anilines is 1. The van der Waals surface area contributed by atoms with Gasteiger partial charge >= 0.3 is 12.1 Å². The highest BCUT2D eigenvalue weighted by Gasteiger charge is 2.42. The van der Waals surface area contributed by atoms with Gasteiger partial charge in [0.1, 0.15) is 34.9 Å². The minimum Gasteiger partial charge on any atom is -0.491 e. The van der Waals surface area contributed by atoms with Gasteiger partial charge in [0.05, 0.1) is 23.0 Å². The average Bonchev–Trinajstić information content (AvgIpc) is 3.58. The van der Waals surface area contributed by atoms with Crippen LogP contribution in [0.5, 0.6) is 5.75 Å². The van der Waals surface area contributed by atoms with Crippen LogP contribution >= 0.6 is 11.8 Å². The molecular formula is C35H43N5O9S. The molecule has 2 atom stereocenters. The monoisotopic (exact) mass is 709 g/mol. The number of fused-ring (bicyclic) bond motifs is 1. The molecule has 15 heteroatoms. The largest absolute Gasteiger partial charge is 0.491 e. The number of nitrogens with one attached hydrogen (secondary N) is 2. The van der Waals surface area contributed by atoms with Crippen LogP contribution < -0.4 is 15.4 Å². The Labute approximate surface area is 295 Å². The second-order valence-corrected chi connectivity index (χ2v) is 14.3. The molecule has 0 saturated carbocycles. The molecule has 1 aliphatic heterocycles. The smallest absolute Gasteiger partial charge is 0.407 e. The number of aromatic nitrogens is 2. The molecule has 3 aromatic rings. The molecule has 4 rings (SSSR count). The number of imide groups is 1. The SMILES string of the molecule is CSC(C(=O)OC(C)(C)C)[C@H](COc1ccc(C(=O)Nc2cnn(CCCNC(=O)OC(C)(C)C)c2)cc1)ON1C(=O)c2ccccc2C1=O. The van der Waals surface area contributed by atoms with Crippen LogP contribution in [0.3, 0.4) is 0 Å². The third-order valence-corrected chi connectivity index (χ3v) is 7.89. The molecule has 0 fully saturated rings. The molecule has 0 spiro atoms. The predicted octanol–water partition coefficient (Wildman–Crippen LogP) is 5.10. The zero-order valence-corrected chi connectivity index (χ0v) is 30.0. The molecule has 14 nitrogen and oxygen atoms in total. The number of rotatable bonds is 14. The summed E-state index contributed by atoms with van der Waals surface area (Å²) in [5, 5.41) is 9.44. The summed E-state index contributed by atoms with van der Waals surface area (Å²) in [6.07, 6.45) is 3.92. The van der Waals surface area contributed by atoms with E-state index >= 15 is 0 Å². The van der Waals surface area contributed by atoms with Crippen molar-refractivity contribution < 1.29 is 43.0 Å². The normalized spacial score (nSPS) is 14.1. The summed E-state index contributed by atoms with van der Waals surface area (Å²) in [5.41, 5.74) is -0.122. The fraction of sp³-hybridized carbons (Fsp3) is 0.429. The zero-order chi connectivity index (χ0) is 36.6. The van der Waals surface area contributed by atoms with Gasteiger partial charge in [-0.25, -0.2) is 4.79 Å². The van der Waals surface area contributed by atoms with Crippen LogP contribution in [0.25, 0.3) is 0 Å². The molecule has 0 radical (unpaired) electrons. The number of alkyl carbamates (subject to hydrolysis) is 1. The van der Waals surface area contributed by atoms with Crippen molar-refractivity contribution >= 4 is 47.2 Å². The van der Waals surface area contributed by atoms with Crippen LogP contribution in [0.15, 0.2) is 60.9 Å². The number of hydrogen-bond donors (Lipinski definition) is 2. The summed E-state index contributed by atoms with van der Waals surface area (Å²) in [5.74, 6) is -1.90. The van der Waals surface area contributed by atoms with E-state index in [9.17, 15) is 24.0 Å². The highest BCUT2D eigenvalue weighted by atomic mass is 32.2. The zero-order valence-electron chi connectivity index (χ0n) is 29.2. The Morgan fingerprint density at radius 2 is 1.52 bits per heavy atom. The van der Waals surface area contributed by atoms with E-state index in [1.807, 2.05) is 0 Å². The average molecular weight is 710 g/mol. The number of amides is 4. The summed E-state index contributed by atoms with van der Waals surface area (Å²) in [6.45, 7) is 11.3. The Balaban J connectivity index is 1.35. The number of thioether (sulfide) groups is 1. The molecule has 0 saturated heterocycles. The van der Waals surface area contributed by atoms with Crippen molar-refractivity contribution in [2.24, 2.45) is 0 Å². The summed E-state index contributed by atoms with van der Waals surface area (Å²) in [7, 11) is 0. The number of aryl methyl sites for hydroxylation is 1. The summed E-state index contributed by atoms with van der Waals surface area (Å²) in [4.78, 5) is 69.8. The lowest BCUT2D eigenvalue weighted by molar-refractivity contribution is -0.170. The molecule has 1 unspecified atom stereocenters. The summed E-state index contributed by atoms with van der Waals surface area (Å²) >= 11 is 1.14. The number of carbonyl (C=O) groups excluding carboxylic acids is 5. The molecule has 4 amide bonds. The number of ether oxygens (including phenoxy) is 3. The minimum atomic E-state index is -1.10. The third-order valence-electron chi connectivity index (χ3n) is 6.88. The second kappa shape index (κ2) is 16.2. The van der Waals surface area contributed by atoms with Gasteiger partial charge in [0.2, 0.25) is 0 Å². The molecule has 268 valence electrons. The van der Waals surface area contributed by atoms with E-state index in [0.717, 1.165) is 11.8 Å². The first-order valence-electron chi connectivity index (χ1n) is 16.0. The lowest BCUT2D eigenvalue weighted by atomic mass is 10.1. The van der Waals surface area contributed by atoms with Crippen LogP contribution in [-0.4, -0.2) is 86.6 Å². The van der Waals surface area contributed by atoms with Gasteiger partial charge in [-0.1, -0.05) is 12.1 Å². The molecule has 2 N–H and O–H groups in total. The fourth-order valence-corrected chi connectivity index (χ4v) is 5.38. The predicted molar refractivity (Wildman–Crippen MR) is 186 cm³/mol. The maximum Gasteiger partial charge on any atom is 0.407 e. The number of esters is 1. The van der Waals surface area contributed by atoms with Crippen LogP contribution in [0.1, 0.15) is 79.0 Å². The van der Waals surface area contributed by atoms with Gasteiger partial charge < -0.3 is 24.8 Å². The van der Waals surface area contributed by atoms with Crippen LogP contribution in [-0.2, 0) is 25.7 Å². The van der Waals surface area contributed by atoms with Crippen LogP contribution in [0, 0.1) is 0 Å². The lowest BCUT2D eigenvalue weighted by Crippen LogP contribution is -2.46. The van der Waals surface area contributed by atoms with Crippen LogP contribution in [0.2, 0.25) is 0 Å². The maximum atomic E-state index is 13.2. The van der Waals surface area contributed by atoms with Crippen molar-refractivity contribution in [1.82, 2.24) is 20.2 Å².